The van der Waals surface area contributed by atoms with Gasteiger partial charge in [0.25, 0.3) is 17.4 Å². The van der Waals surface area contributed by atoms with Crippen molar-refractivity contribution in [2.45, 2.75) is 6.54 Å². The lowest BCUT2D eigenvalue weighted by Crippen LogP contribution is -2.23. The third kappa shape index (κ3) is 4.55. The highest BCUT2D eigenvalue weighted by molar-refractivity contribution is 6.50. The average molecular weight is 487 g/mol. The molecule has 166 valence electrons. The Morgan fingerprint density at radius 1 is 1.09 bits per heavy atom. The van der Waals surface area contributed by atoms with Crippen molar-refractivity contribution < 1.29 is 18.9 Å². The summed E-state index contributed by atoms with van der Waals surface area (Å²) in [6, 6.07) is 9.77. The summed E-state index contributed by atoms with van der Waals surface area (Å²) in [5.74, 6) is -2.37. The number of ketones is 1. The van der Waals surface area contributed by atoms with E-state index in [1.54, 1.807) is 16.7 Å². The Labute approximate surface area is 195 Å². The average Bonchev–Trinajstić information content (AvgIpc) is 3.14. The molecular formula is C22H13Cl2FN4O4. The first-order chi connectivity index (χ1) is 15.7. The van der Waals surface area contributed by atoms with E-state index >= 15 is 0 Å². The van der Waals surface area contributed by atoms with E-state index in [1.807, 2.05) is 0 Å². The minimum absolute atomic E-state index is 0.0210. The number of pyridine rings is 1. The maximum Gasteiger partial charge on any atom is 0.296 e. The second kappa shape index (κ2) is 8.97. The number of nitro benzene ring substituents is 1. The Hall–Kier alpha value is -3.82. The minimum Gasteiger partial charge on any atom is -0.342 e. The van der Waals surface area contributed by atoms with Gasteiger partial charge in [-0.2, -0.15) is 0 Å². The van der Waals surface area contributed by atoms with Gasteiger partial charge >= 0.3 is 0 Å². The number of fused-ring (bicyclic) bond motifs is 1. The number of carbonyl (C=O) groups is 2. The number of nitrogens with zero attached hydrogens (tertiary/aromatic N) is 3. The molecule has 0 fully saturated rings. The summed E-state index contributed by atoms with van der Waals surface area (Å²) in [6.07, 6.45) is 3.94. The van der Waals surface area contributed by atoms with Gasteiger partial charge in [-0.3, -0.25) is 24.7 Å². The van der Waals surface area contributed by atoms with Crippen LogP contribution in [0.15, 0.2) is 61.1 Å². The quantitative estimate of drug-likeness (QED) is 0.173. The molecule has 4 aromatic rings. The highest BCUT2D eigenvalue weighted by atomic mass is 35.5. The smallest absolute Gasteiger partial charge is 0.296 e. The fourth-order valence-electron chi connectivity index (χ4n) is 3.32. The normalized spacial score (nSPS) is 10.9. The molecule has 2 aromatic heterocycles. The van der Waals surface area contributed by atoms with Crippen molar-refractivity contribution in [1.29, 1.82) is 0 Å². The molecule has 0 aliphatic rings. The van der Waals surface area contributed by atoms with Crippen LogP contribution in [0.2, 0.25) is 10.0 Å². The van der Waals surface area contributed by atoms with E-state index in [9.17, 15) is 24.1 Å². The van der Waals surface area contributed by atoms with Crippen molar-refractivity contribution in [3.8, 4) is 0 Å². The molecule has 0 unspecified atom stereocenters. The van der Waals surface area contributed by atoms with Gasteiger partial charge < -0.3 is 9.88 Å². The lowest BCUT2D eigenvalue weighted by molar-refractivity contribution is -0.384. The first-order valence-corrected chi connectivity index (χ1v) is 10.2. The molecule has 2 aromatic carbocycles. The number of hydrogen-bond acceptors (Lipinski definition) is 5. The van der Waals surface area contributed by atoms with Crippen LogP contribution in [0.5, 0.6) is 0 Å². The summed E-state index contributed by atoms with van der Waals surface area (Å²) in [6.45, 7) is 0.242. The number of non-ortho nitro benzene ring substituents is 1. The van der Waals surface area contributed by atoms with Crippen molar-refractivity contribution >= 4 is 57.2 Å². The standard InChI is InChI=1S/C22H13Cl2FN4O4/c23-17-8-26-9-18(24)20(17)27-22(31)21(30)16-11-28(10-12-1-3-13(25)4-2-12)19-6-5-14(29(32)33)7-15(16)19/h1-9,11H,10H2,(H,26,27,31). The summed E-state index contributed by atoms with van der Waals surface area (Å²) in [5.41, 5.74) is 0.950. The number of nitro groups is 1. The number of anilines is 1. The third-order valence-electron chi connectivity index (χ3n) is 4.88. The number of hydrogen-bond donors (Lipinski definition) is 1. The second-order valence-corrected chi connectivity index (χ2v) is 7.83. The van der Waals surface area contributed by atoms with Crippen molar-refractivity contribution in [3.05, 3.63) is 98.2 Å². The molecule has 0 bridgehead atoms. The van der Waals surface area contributed by atoms with E-state index in [0.717, 1.165) is 5.56 Å². The van der Waals surface area contributed by atoms with Gasteiger partial charge in [-0.25, -0.2) is 4.39 Å². The number of carbonyl (C=O) groups excluding carboxylic acids is 2. The Bertz CT molecular complexity index is 1400. The SMILES string of the molecule is O=C(Nc1c(Cl)cncc1Cl)C(=O)c1cn(Cc2ccc(F)cc2)c2ccc([N+](=O)[O-])cc12. The molecular weight excluding hydrogens is 474 g/mol. The fraction of sp³-hybridized carbons (Fsp3) is 0.0455. The highest BCUT2D eigenvalue weighted by Crippen LogP contribution is 2.30. The molecule has 0 spiro atoms. The number of halogens is 3. The zero-order valence-corrected chi connectivity index (χ0v) is 18.1. The molecule has 8 nitrogen and oxygen atoms in total. The van der Waals surface area contributed by atoms with Crippen LogP contribution < -0.4 is 5.32 Å². The minimum atomic E-state index is -1.03. The summed E-state index contributed by atoms with van der Waals surface area (Å²) >= 11 is 12.0. The second-order valence-electron chi connectivity index (χ2n) is 7.02. The molecule has 1 N–H and O–H groups in total. The first kappa shape index (κ1) is 22.4. The van der Waals surface area contributed by atoms with Crippen LogP contribution in [0.25, 0.3) is 10.9 Å². The number of aromatic nitrogens is 2. The van der Waals surface area contributed by atoms with Gasteiger partial charge in [-0.05, 0) is 23.8 Å². The molecule has 1 amide bonds. The number of amides is 1. The number of Topliss-reactive ketones (excluding diaryl/α,β-unsaturated/α-hetero) is 1. The van der Waals surface area contributed by atoms with Crippen LogP contribution in [0.4, 0.5) is 15.8 Å². The van der Waals surface area contributed by atoms with Crippen LogP contribution in [-0.4, -0.2) is 26.2 Å². The van der Waals surface area contributed by atoms with Gasteiger partial charge in [-0.1, -0.05) is 35.3 Å². The monoisotopic (exact) mass is 486 g/mol. The Balaban J connectivity index is 1.75. The van der Waals surface area contributed by atoms with E-state index in [1.165, 1.54) is 48.9 Å². The summed E-state index contributed by atoms with van der Waals surface area (Å²) in [5, 5.41) is 13.9. The van der Waals surface area contributed by atoms with Crippen molar-refractivity contribution in [3.63, 3.8) is 0 Å². The lowest BCUT2D eigenvalue weighted by Gasteiger charge is -2.07. The number of benzene rings is 2. The zero-order chi connectivity index (χ0) is 23.7. The molecule has 0 aliphatic heterocycles. The maximum atomic E-state index is 13.3. The Morgan fingerprint density at radius 3 is 2.39 bits per heavy atom. The molecule has 0 atom stereocenters. The molecule has 2 heterocycles. The van der Waals surface area contributed by atoms with E-state index in [0.29, 0.717) is 5.52 Å². The van der Waals surface area contributed by atoms with Gasteiger partial charge in [0.05, 0.1) is 26.2 Å². The van der Waals surface area contributed by atoms with E-state index in [4.69, 9.17) is 23.2 Å². The summed E-state index contributed by atoms with van der Waals surface area (Å²) in [4.78, 5) is 40.2. The van der Waals surface area contributed by atoms with Gasteiger partial charge in [0.1, 0.15) is 5.82 Å². The van der Waals surface area contributed by atoms with Crippen LogP contribution >= 0.6 is 23.2 Å². The Morgan fingerprint density at radius 2 is 1.76 bits per heavy atom. The van der Waals surface area contributed by atoms with Crippen molar-refractivity contribution in [2.24, 2.45) is 0 Å². The van der Waals surface area contributed by atoms with Crippen LogP contribution in [-0.2, 0) is 11.3 Å². The predicted molar refractivity (Wildman–Crippen MR) is 121 cm³/mol. The van der Waals surface area contributed by atoms with Crippen LogP contribution in [0.3, 0.4) is 0 Å². The van der Waals surface area contributed by atoms with E-state index in [-0.39, 0.29) is 38.9 Å². The molecule has 0 aliphatic carbocycles. The Kier molecular flexibility index (Phi) is 6.08. The summed E-state index contributed by atoms with van der Waals surface area (Å²) < 4.78 is 14.9. The lowest BCUT2D eigenvalue weighted by atomic mass is 10.1. The zero-order valence-electron chi connectivity index (χ0n) is 16.6. The van der Waals surface area contributed by atoms with Crippen LogP contribution in [0.1, 0.15) is 15.9 Å². The number of nitrogens with one attached hydrogen (secondary N) is 1. The first-order valence-electron chi connectivity index (χ1n) is 9.41. The molecule has 0 saturated heterocycles. The molecule has 0 radical (unpaired) electrons. The van der Waals surface area contributed by atoms with Gasteiger partial charge in [0.2, 0.25) is 0 Å². The fourth-order valence-corrected chi connectivity index (χ4v) is 3.78. The van der Waals surface area contributed by atoms with E-state index < -0.39 is 22.4 Å². The molecule has 11 heteroatoms. The molecule has 4 rings (SSSR count). The molecule has 33 heavy (non-hydrogen) atoms. The van der Waals surface area contributed by atoms with E-state index in [2.05, 4.69) is 10.3 Å². The van der Waals surface area contributed by atoms with Gasteiger partial charge in [0.15, 0.2) is 0 Å². The van der Waals surface area contributed by atoms with Gasteiger partial charge in [-0.15, -0.1) is 0 Å². The number of rotatable bonds is 6. The van der Waals surface area contributed by atoms with Gasteiger partial charge in [0, 0.05) is 48.2 Å². The third-order valence-corrected chi connectivity index (χ3v) is 5.46. The predicted octanol–water partition coefficient (Wildman–Crippen LogP) is 5.26. The maximum absolute atomic E-state index is 13.3. The molecule has 0 saturated carbocycles. The highest BCUT2D eigenvalue weighted by Gasteiger charge is 2.25. The largest absolute Gasteiger partial charge is 0.342 e. The van der Waals surface area contributed by atoms with Crippen molar-refractivity contribution in [2.75, 3.05) is 5.32 Å². The van der Waals surface area contributed by atoms with Crippen LogP contribution in [0, 0.1) is 15.9 Å². The summed E-state index contributed by atoms with van der Waals surface area (Å²) in [7, 11) is 0. The van der Waals surface area contributed by atoms with Crippen molar-refractivity contribution in [1.82, 2.24) is 9.55 Å². The topological polar surface area (TPSA) is 107 Å².